The maximum absolute atomic E-state index is 13.0. The summed E-state index contributed by atoms with van der Waals surface area (Å²) in [7, 11) is 0. The maximum Gasteiger partial charge on any atom is 0.255 e. The van der Waals surface area contributed by atoms with Gasteiger partial charge in [0.25, 0.3) is 5.91 Å². The van der Waals surface area contributed by atoms with Gasteiger partial charge in [-0.25, -0.2) is 9.97 Å². The topological polar surface area (TPSA) is 132 Å². The molecule has 2 aromatic heterocycles. The molecule has 9 heteroatoms. The van der Waals surface area contributed by atoms with Crippen molar-refractivity contribution in [3.05, 3.63) is 41.7 Å². The van der Waals surface area contributed by atoms with Gasteiger partial charge in [-0.05, 0) is 51.7 Å². The Morgan fingerprint density at radius 2 is 1.69 bits per heavy atom. The summed E-state index contributed by atoms with van der Waals surface area (Å²) >= 11 is 0. The molecular weight excluding hydrogens is 406 g/mol. The van der Waals surface area contributed by atoms with Gasteiger partial charge in [-0.1, -0.05) is 0 Å². The van der Waals surface area contributed by atoms with Crippen LogP contribution in [-0.2, 0) is 4.79 Å². The minimum Gasteiger partial charge on any atom is -0.382 e. The number of nitrogens with one attached hydrogen (secondary N) is 4. The highest BCUT2D eigenvalue weighted by atomic mass is 16.2. The van der Waals surface area contributed by atoms with E-state index in [-0.39, 0.29) is 29.9 Å². The van der Waals surface area contributed by atoms with Crippen LogP contribution in [0.1, 0.15) is 62.4 Å². The Morgan fingerprint density at radius 3 is 2.25 bits per heavy atom. The first-order valence-corrected chi connectivity index (χ1v) is 10.8. The van der Waals surface area contributed by atoms with E-state index in [2.05, 4.69) is 31.2 Å². The molecule has 0 atom stereocenters. The number of pyridine rings is 2. The fourth-order valence-electron chi connectivity index (χ4n) is 3.73. The maximum atomic E-state index is 13.0. The summed E-state index contributed by atoms with van der Waals surface area (Å²) in [5, 5.41) is 21.4. The Kier molecular flexibility index (Phi) is 7.60. The van der Waals surface area contributed by atoms with Gasteiger partial charge in [0.1, 0.15) is 17.7 Å². The second kappa shape index (κ2) is 10.6. The molecule has 1 aliphatic rings. The van der Waals surface area contributed by atoms with Crippen LogP contribution in [0.4, 0.5) is 17.3 Å². The van der Waals surface area contributed by atoms with E-state index in [1.165, 1.54) is 13.1 Å². The molecule has 2 amide bonds. The molecule has 3 rings (SSSR count). The number of rotatable bonds is 7. The van der Waals surface area contributed by atoms with Gasteiger partial charge in [0.2, 0.25) is 5.91 Å². The van der Waals surface area contributed by atoms with Crippen LogP contribution in [0.2, 0.25) is 0 Å². The third-order valence-electron chi connectivity index (χ3n) is 5.21. The van der Waals surface area contributed by atoms with E-state index in [0.717, 1.165) is 25.7 Å². The van der Waals surface area contributed by atoms with Crippen LogP contribution in [0.25, 0.3) is 0 Å². The van der Waals surface area contributed by atoms with Crippen LogP contribution in [-0.4, -0.2) is 39.9 Å². The van der Waals surface area contributed by atoms with Crippen molar-refractivity contribution in [3.8, 4) is 6.07 Å². The highest BCUT2D eigenvalue weighted by molar-refractivity contribution is 6.00. The Balaban J connectivity index is 1.69. The number of amides is 2. The van der Waals surface area contributed by atoms with Crippen LogP contribution in [0.3, 0.4) is 0 Å². The Labute approximate surface area is 188 Å². The Morgan fingerprint density at radius 1 is 1.03 bits per heavy atom. The fraction of sp³-hybridized carbons (Fsp3) is 0.435. The SMILES string of the molecule is CC(=O)N[C@H]1CC[C@H](NC(=O)c2cnc(Nc3ccc(C#N)cn3)cc2NC(C)C)CC1. The van der Waals surface area contributed by atoms with Crippen LogP contribution < -0.4 is 21.3 Å². The Bertz CT molecular complexity index is 990. The quantitative estimate of drug-likeness (QED) is 0.525. The lowest BCUT2D eigenvalue weighted by Gasteiger charge is -2.29. The van der Waals surface area contributed by atoms with Gasteiger partial charge in [-0.15, -0.1) is 0 Å². The molecule has 2 heterocycles. The van der Waals surface area contributed by atoms with Crippen LogP contribution >= 0.6 is 0 Å². The van der Waals surface area contributed by atoms with Gasteiger partial charge < -0.3 is 21.3 Å². The lowest BCUT2D eigenvalue weighted by atomic mass is 9.91. The van der Waals surface area contributed by atoms with Gasteiger partial charge in [0, 0.05) is 43.5 Å². The summed E-state index contributed by atoms with van der Waals surface area (Å²) < 4.78 is 0. The first-order valence-electron chi connectivity index (χ1n) is 10.8. The van der Waals surface area contributed by atoms with Gasteiger partial charge >= 0.3 is 0 Å². The monoisotopic (exact) mass is 435 g/mol. The fourth-order valence-corrected chi connectivity index (χ4v) is 3.73. The molecule has 0 spiro atoms. The number of nitriles is 1. The number of hydrogen-bond acceptors (Lipinski definition) is 7. The largest absolute Gasteiger partial charge is 0.382 e. The lowest BCUT2D eigenvalue weighted by Crippen LogP contribution is -2.43. The molecule has 0 aliphatic heterocycles. The van der Waals surface area contributed by atoms with Crippen molar-refractivity contribution in [2.24, 2.45) is 0 Å². The average Bonchev–Trinajstić information content (AvgIpc) is 2.75. The molecule has 9 nitrogen and oxygen atoms in total. The Hall–Kier alpha value is -3.67. The van der Waals surface area contributed by atoms with Crippen molar-refractivity contribution in [1.82, 2.24) is 20.6 Å². The zero-order valence-corrected chi connectivity index (χ0v) is 18.6. The first kappa shape index (κ1) is 23.0. The van der Waals surface area contributed by atoms with E-state index < -0.39 is 0 Å². The number of carbonyl (C=O) groups is 2. The van der Waals surface area contributed by atoms with Crippen molar-refractivity contribution < 1.29 is 9.59 Å². The van der Waals surface area contributed by atoms with Crippen LogP contribution in [0.15, 0.2) is 30.6 Å². The number of aromatic nitrogens is 2. The summed E-state index contributed by atoms with van der Waals surface area (Å²) in [5.74, 6) is 0.905. The zero-order chi connectivity index (χ0) is 23.1. The molecule has 0 aromatic carbocycles. The molecule has 1 saturated carbocycles. The molecular formula is C23H29N7O2. The molecule has 1 aliphatic carbocycles. The van der Waals surface area contributed by atoms with Crippen LogP contribution in [0, 0.1) is 11.3 Å². The number of anilines is 3. The molecule has 0 radical (unpaired) electrons. The summed E-state index contributed by atoms with van der Waals surface area (Å²) in [4.78, 5) is 32.8. The van der Waals surface area contributed by atoms with Gasteiger partial charge in [0.15, 0.2) is 0 Å². The van der Waals surface area contributed by atoms with Crippen molar-refractivity contribution in [1.29, 1.82) is 5.26 Å². The average molecular weight is 436 g/mol. The molecule has 4 N–H and O–H groups in total. The molecule has 0 bridgehead atoms. The molecule has 1 fully saturated rings. The summed E-state index contributed by atoms with van der Waals surface area (Å²) in [6.45, 7) is 5.53. The molecule has 2 aromatic rings. The number of nitrogens with zero attached hydrogens (tertiary/aromatic N) is 3. The summed E-state index contributed by atoms with van der Waals surface area (Å²) in [6, 6.07) is 7.56. The minimum atomic E-state index is -0.174. The minimum absolute atomic E-state index is 0.0159. The predicted octanol–water partition coefficient (Wildman–Crippen LogP) is 3.09. The lowest BCUT2D eigenvalue weighted by molar-refractivity contribution is -0.119. The third-order valence-corrected chi connectivity index (χ3v) is 5.21. The van der Waals surface area contributed by atoms with Gasteiger partial charge in [-0.3, -0.25) is 9.59 Å². The van der Waals surface area contributed by atoms with E-state index in [0.29, 0.717) is 28.5 Å². The third kappa shape index (κ3) is 6.41. The molecule has 0 unspecified atom stereocenters. The number of carbonyl (C=O) groups excluding carboxylic acids is 2. The van der Waals surface area contributed by atoms with Crippen molar-refractivity contribution in [3.63, 3.8) is 0 Å². The normalized spacial score (nSPS) is 17.8. The second-order valence-corrected chi connectivity index (χ2v) is 8.31. The smallest absolute Gasteiger partial charge is 0.255 e. The molecule has 168 valence electrons. The van der Waals surface area contributed by atoms with E-state index in [1.54, 1.807) is 24.4 Å². The van der Waals surface area contributed by atoms with Crippen molar-refractivity contribution in [2.45, 2.75) is 64.6 Å². The van der Waals surface area contributed by atoms with E-state index >= 15 is 0 Å². The summed E-state index contributed by atoms with van der Waals surface area (Å²) in [6.07, 6.45) is 6.37. The highest BCUT2D eigenvalue weighted by Gasteiger charge is 2.24. The van der Waals surface area contributed by atoms with E-state index in [9.17, 15) is 9.59 Å². The zero-order valence-electron chi connectivity index (χ0n) is 18.6. The molecule has 0 saturated heterocycles. The highest BCUT2D eigenvalue weighted by Crippen LogP contribution is 2.24. The number of hydrogen-bond donors (Lipinski definition) is 4. The molecule has 32 heavy (non-hydrogen) atoms. The van der Waals surface area contributed by atoms with E-state index in [4.69, 9.17) is 5.26 Å². The van der Waals surface area contributed by atoms with Gasteiger partial charge in [-0.2, -0.15) is 5.26 Å². The van der Waals surface area contributed by atoms with Crippen LogP contribution in [0.5, 0.6) is 0 Å². The predicted molar refractivity (Wildman–Crippen MR) is 123 cm³/mol. The van der Waals surface area contributed by atoms with Gasteiger partial charge in [0.05, 0.1) is 16.8 Å². The van der Waals surface area contributed by atoms with E-state index in [1.807, 2.05) is 19.9 Å². The van der Waals surface area contributed by atoms with Crippen molar-refractivity contribution in [2.75, 3.05) is 10.6 Å². The second-order valence-electron chi connectivity index (χ2n) is 8.31. The first-order chi connectivity index (χ1) is 15.3. The summed E-state index contributed by atoms with van der Waals surface area (Å²) in [5.41, 5.74) is 1.63. The standard InChI is InChI=1S/C23H29N7O2/c1-14(2)27-20-10-22(30-21-9-4-16(11-24)12-25-21)26-13-19(20)23(32)29-18-7-5-17(6-8-18)28-15(3)31/h4,9-10,12-14,17-18H,5-8H2,1-3H3,(H,28,31)(H,29,32)(H2,25,26,27,30)/t17-,18-. The van der Waals surface area contributed by atoms with Crippen molar-refractivity contribution >= 4 is 29.1 Å².